The summed E-state index contributed by atoms with van der Waals surface area (Å²) in [5, 5.41) is 7.08. The van der Waals surface area contributed by atoms with E-state index in [2.05, 4.69) is 51.2 Å². The van der Waals surface area contributed by atoms with Crippen LogP contribution in [0.5, 0.6) is 0 Å². The zero-order chi connectivity index (χ0) is 18.3. The molecule has 1 atom stereocenters. The van der Waals surface area contributed by atoms with Crippen LogP contribution < -0.4 is 4.90 Å². The molecule has 1 aromatic heterocycles. The van der Waals surface area contributed by atoms with Gasteiger partial charge in [0.05, 0.1) is 6.54 Å². The highest BCUT2D eigenvalue weighted by Gasteiger charge is 2.39. The molecule has 0 N–H and O–H groups in total. The molecule has 1 unspecified atom stereocenters. The van der Waals surface area contributed by atoms with Crippen LogP contribution in [0.15, 0.2) is 24.3 Å². The summed E-state index contributed by atoms with van der Waals surface area (Å²) in [6.07, 6.45) is -3.27. The lowest BCUT2D eigenvalue weighted by Crippen LogP contribution is -2.35. The van der Waals surface area contributed by atoms with Gasteiger partial charge in [0.2, 0.25) is 5.82 Å². The van der Waals surface area contributed by atoms with Crippen LogP contribution in [0, 0.1) is 0 Å². The van der Waals surface area contributed by atoms with E-state index in [9.17, 15) is 13.2 Å². The maximum atomic E-state index is 12.9. The van der Waals surface area contributed by atoms with E-state index in [1.807, 2.05) is 0 Å². The summed E-state index contributed by atoms with van der Waals surface area (Å²) in [5.74, 6) is 0.0361. The molecule has 0 bridgehead atoms. The summed E-state index contributed by atoms with van der Waals surface area (Å²) in [6.45, 7) is 6.62. The van der Waals surface area contributed by atoms with Crippen molar-refractivity contribution in [3.8, 4) is 0 Å². The largest absolute Gasteiger partial charge is 0.451 e. The Kier molecular flexibility index (Phi) is 4.38. The molecule has 2 aromatic rings. The van der Waals surface area contributed by atoms with Gasteiger partial charge < -0.3 is 14.4 Å². The lowest BCUT2D eigenvalue weighted by Gasteiger charge is -2.30. The van der Waals surface area contributed by atoms with E-state index in [1.165, 1.54) is 16.6 Å². The second kappa shape index (κ2) is 6.57. The minimum absolute atomic E-state index is 0.243. The minimum atomic E-state index is -4.46. The van der Waals surface area contributed by atoms with Crippen LogP contribution in [0.2, 0.25) is 0 Å². The Bertz CT molecular complexity index is 768. The second-order valence-corrected chi connectivity index (χ2v) is 6.98. The van der Waals surface area contributed by atoms with Crippen LogP contribution in [0.3, 0.4) is 0 Å². The van der Waals surface area contributed by atoms with Gasteiger partial charge in [-0.2, -0.15) is 13.2 Å². The number of anilines is 1. The second-order valence-electron chi connectivity index (χ2n) is 6.98. The van der Waals surface area contributed by atoms with E-state index in [0.29, 0.717) is 24.8 Å². The average molecular weight is 365 g/mol. The third-order valence-corrected chi connectivity index (χ3v) is 5.46. The number of likely N-dealkylation sites (N-methyl/N-ethyl adjacent to an activating group) is 1. The molecule has 26 heavy (non-hydrogen) atoms. The van der Waals surface area contributed by atoms with Crippen molar-refractivity contribution in [2.75, 3.05) is 31.1 Å². The molecule has 0 radical (unpaired) electrons. The van der Waals surface area contributed by atoms with Crippen molar-refractivity contribution in [2.45, 2.75) is 38.5 Å². The molecule has 3 heterocycles. The molecule has 0 aliphatic carbocycles. The van der Waals surface area contributed by atoms with Crippen molar-refractivity contribution in [1.29, 1.82) is 0 Å². The summed E-state index contributed by atoms with van der Waals surface area (Å²) in [5.41, 5.74) is 2.35. The Labute approximate surface area is 150 Å². The molecular weight excluding hydrogens is 343 g/mol. The molecule has 1 saturated heterocycles. The molecule has 8 heteroatoms. The van der Waals surface area contributed by atoms with Crippen LogP contribution in [0.4, 0.5) is 18.9 Å². The highest BCUT2D eigenvalue weighted by Crippen LogP contribution is 2.32. The molecule has 4 rings (SSSR count). The molecular formula is C18H22F3N5. The number of likely N-dealkylation sites (tertiary alicyclic amines) is 1. The van der Waals surface area contributed by atoms with Crippen LogP contribution in [-0.4, -0.2) is 45.8 Å². The van der Waals surface area contributed by atoms with Gasteiger partial charge in [0.1, 0.15) is 0 Å². The average Bonchev–Trinajstić information content (AvgIpc) is 3.27. The fraction of sp³-hybridized carbons (Fsp3) is 0.556. The van der Waals surface area contributed by atoms with Crippen LogP contribution >= 0.6 is 0 Å². The Balaban J connectivity index is 1.47. The van der Waals surface area contributed by atoms with Gasteiger partial charge in [-0.25, -0.2) is 0 Å². The Morgan fingerprint density at radius 2 is 1.85 bits per heavy atom. The number of rotatable bonds is 3. The number of nitrogens with zero attached hydrogens (tertiary/aromatic N) is 5. The van der Waals surface area contributed by atoms with E-state index in [4.69, 9.17) is 0 Å². The van der Waals surface area contributed by atoms with Gasteiger partial charge in [0.15, 0.2) is 5.82 Å². The fourth-order valence-electron chi connectivity index (χ4n) is 3.94. The molecule has 0 spiro atoms. The standard InChI is InChI=1S/C18H22F3N5/c1-2-24-8-7-14(11-24)13-3-5-15(6-4-13)25-9-10-26-16(12-25)22-23-17(26)18(19,20)21/h3-6,14H,2,7-12H2,1H3. The van der Waals surface area contributed by atoms with E-state index in [-0.39, 0.29) is 6.54 Å². The number of aromatic nitrogens is 3. The number of halogens is 3. The quantitative estimate of drug-likeness (QED) is 0.838. The van der Waals surface area contributed by atoms with Crippen molar-refractivity contribution < 1.29 is 13.2 Å². The number of alkyl halides is 3. The normalized spacial score (nSPS) is 21.2. The Morgan fingerprint density at radius 1 is 1.08 bits per heavy atom. The molecule has 1 aromatic carbocycles. The van der Waals surface area contributed by atoms with Crippen molar-refractivity contribution in [3.05, 3.63) is 41.5 Å². The Hall–Kier alpha value is -2.09. The van der Waals surface area contributed by atoms with Crippen molar-refractivity contribution in [3.63, 3.8) is 0 Å². The predicted octanol–water partition coefficient (Wildman–Crippen LogP) is 3.13. The van der Waals surface area contributed by atoms with E-state index in [1.54, 1.807) is 0 Å². The molecule has 140 valence electrons. The zero-order valence-corrected chi connectivity index (χ0v) is 14.7. The van der Waals surface area contributed by atoms with Crippen molar-refractivity contribution in [1.82, 2.24) is 19.7 Å². The fourth-order valence-corrected chi connectivity index (χ4v) is 3.94. The molecule has 2 aliphatic heterocycles. The van der Waals surface area contributed by atoms with Crippen molar-refractivity contribution in [2.24, 2.45) is 0 Å². The molecule has 0 saturated carbocycles. The number of benzene rings is 1. The summed E-state index contributed by atoms with van der Waals surface area (Å²) < 4.78 is 40.0. The van der Waals surface area contributed by atoms with E-state index >= 15 is 0 Å². The first-order valence-corrected chi connectivity index (χ1v) is 9.02. The monoisotopic (exact) mass is 365 g/mol. The highest BCUT2D eigenvalue weighted by atomic mass is 19.4. The van der Waals surface area contributed by atoms with Gasteiger partial charge in [-0.05, 0) is 43.1 Å². The maximum absolute atomic E-state index is 12.9. The Morgan fingerprint density at radius 3 is 2.50 bits per heavy atom. The van der Waals surface area contributed by atoms with Gasteiger partial charge in [0, 0.05) is 25.3 Å². The summed E-state index contributed by atoms with van der Waals surface area (Å²) >= 11 is 0. The first kappa shape index (κ1) is 17.3. The molecule has 2 aliphatic rings. The van der Waals surface area contributed by atoms with E-state index in [0.717, 1.165) is 25.3 Å². The zero-order valence-electron chi connectivity index (χ0n) is 14.7. The van der Waals surface area contributed by atoms with Gasteiger partial charge in [-0.1, -0.05) is 19.1 Å². The summed E-state index contributed by atoms with van der Waals surface area (Å²) in [6, 6.07) is 8.44. The lowest BCUT2D eigenvalue weighted by atomic mass is 9.98. The lowest BCUT2D eigenvalue weighted by molar-refractivity contribution is -0.147. The number of fused-ring (bicyclic) bond motifs is 1. The topological polar surface area (TPSA) is 37.2 Å². The minimum Gasteiger partial charge on any atom is -0.362 e. The van der Waals surface area contributed by atoms with Gasteiger partial charge in [0.25, 0.3) is 0 Å². The first-order valence-electron chi connectivity index (χ1n) is 9.02. The van der Waals surface area contributed by atoms with Gasteiger partial charge in [-0.3, -0.25) is 0 Å². The molecule has 1 fully saturated rings. The number of hydrogen-bond acceptors (Lipinski definition) is 4. The van der Waals surface area contributed by atoms with Crippen LogP contribution in [0.25, 0.3) is 0 Å². The van der Waals surface area contributed by atoms with E-state index < -0.39 is 12.0 Å². The smallest absolute Gasteiger partial charge is 0.362 e. The third-order valence-electron chi connectivity index (χ3n) is 5.46. The van der Waals surface area contributed by atoms with Crippen molar-refractivity contribution >= 4 is 5.69 Å². The van der Waals surface area contributed by atoms with Gasteiger partial charge in [-0.15, -0.1) is 10.2 Å². The maximum Gasteiger partial charge on any atom is 0.451 e. The molecule has 5 nitrogen and oxygen atoms in total. The first-order chi connectivity index (χ1) is 12.5. The molecule has 0 amide bonds. The predicted molar refractivity (Wildman–Crippen MR) is 92.0 cm³/mol. The summed E-state index contributed by atoms with van der Waals surface area (Å²) in [4.78, 5) is 4.51. The number of hydrogen-bond donors (Lipinski definition) is 0. The van der Waals surface area contributed by atoms with Crippen LogP contribution in [0.1, 0.15) is 36.5 Å². The SMILES string of the molecule is CCN1CCC(c2ccc(N3CCn4c(nnc4C(F)(F)F)C3)cc2)C1. The summed E-state index contributed by atoms with van der Waals surface area (Å²) in [7, 11) is 0. The third kappa shape index (κ3) is 3.18. The highest BCUT2D eigenvalue weighted by molar-refractivity contribution is 5.48. The van der Waals surface area contributed by atoms with Crippen LogP contribution in [-0.2, 0) is 19.3 Å². The van der Waals surface area contributed by atoms with Gasteiger partial charge >= 0.3 is 6.18 Å².